The Kier molecular flexibility index (Phi) is 5.85. The van der Waals surface area contributed by atoms with E-state index in [1.807, 2.05) is 30.3 Å². The third-order valence-corrected chi connectivity index (χ3v) is 5.25. The normalized spacial score (nSPS) is 16.4. The molecule has 2 aromatic carbocycles. The second kappa shape index (κ2) is 8.28. The number of amides is 1. The Morgan fingerprint density at radius 1 is 1.08 bits per heavy atom. The lowest BCUT2D eigenvalue weighted by atomic mass is 9.84. The standard InChI is InChI=1S/C22H26FNO/c1-16(18-7-3-2-4-8-18)24-22(25)15-17-11-13-19(14-12-17)20-9-5-6-10-21(20)23/h5-6,9-14,16,18H,2-4,7-8,15H2,1H3,(H,24,25)/t16-/m1/s1. The van der Waals surface area contributed by atoms with Crippen molar-refractivity contribution in [1.82, 2.24) is 5.32 Å². The van der Waals surface area contributed by atoms with E-state index >= 15 is 0 Å². The van der Waals surface area contributed by atoms with Gasteiger partial charge in [0.1, 0.15) is 5.82 Å². The van der Waals surface area contributed by atoms with Crippen molar-refractivity contribution in [3.63, 3.8) is 0 Å². The van der Waals surface area contributed by atoms with Crippen LogP contribution in [-0.4, -0.2) is 11.9 Å². The summed E-state index contributed by atoms with van der Waals surface area (Å²) in [5.74, 6) is 0.451. The third kappa shape index (κ3) is 4.68. The van der Waals surface area contributed by atoms with Crippen molar-refractivity contribution >= 4 is 5.91 Å². The quantitative estimate of drug-likeness (QED) is 0.805. The number of benzene rings is 2. The molecule has 132 valence electrons. The monoisotopic (exact) mass is 339 g/mol. The second-order valence-corrected chi connectivity index (χ2v) is 7.11. The van der Waals surface area contributed by atoms with Gasteiger partial charge in [0.15, 0.2) is 0 Å². The maximum atomic E-state index is 13.8. The zero-order valence-electron chi connectivity index (χ0n) is 14.8. The Balaban J connectivity index is 1.57. The summed E-state index contributed by atoms with van der Waals surface area (Å²) in [4.78, 5) is 12.3. The lowest BCUT2D eigenvalue weighted by Gasteiger charge is -2.28. The molecule has 1 aliphatic carbocycles. The van der Waals surface area contributed by atoms with Gasteiger partial charge in [-0.3, -0.25) is 4.79 Å². The molecule has 0 unspecified atom stereocenters. The topological polar surface area (TPSA) is 29.1 Å². The molecule has 0 heterocycles. The van der Waals surface area contributed by atoms with Gasteiger partial charge in [0.2, 0.25) is 5.91 Å². The molecule has 25 heavy (non-hydrogen) atoms. The number of hydrogen-bond donors (Lipinski definition) is 1. The Morgan fingerprint density at radius 3 is 2.44 bits per heavy atom. The first-order valence-electron chi connectivity index (χ1n) is 9.26. The van der Waals surface area contributed by atoms with E-state index in [9.17, 15) is 9.18 Å². The molecule has 0 spiro atoms. The average Bonchev–Trinajstić information content (AvgIpc) is 2.63. The Morgan fingerprint density at radius 2 is 1.76 bits per heavy atom. The van der Waals surface area contributed by atoms with Crippen molar-refractivity contribution in [3.8, 4) is 11.1 Å². The van der Waals surface area contributed by atoms with Crippen molar-refractivity contribution in [3.05, 3.63) is 59.9 Å². The molecule has 1 fully saturated rings. The van der Waals surface area contributed by atoms with E-state index in [-0.39, 0.29) is 17.8 Å². The van der Waals surface area contributed by atoms with Crippen LogP contribution in [0.15, 0.2) is 48.5 Å². The predicted molar refractivity (Wildman–Crippen MR) is 99.7 cm³/mol. The maximum Gasteiger partial charge on any atom is 0.224 e. The van der Waals surface area contributed by atoms with Gasteiger partial charge in [-0.1, -0.05) is 61.7 Å². The van der Waals surface area contributed by atoms with Gasteiger partial charge in [-0.05, 0) is 42.9 Å². The third-order valence-electron chi connectivity index (χ3n) is 5.25. The summed E-state index contributed by atoms with van der Waals surface area (Å²) < 4.78 is 13.8. The minimum absolute atomic E-state index is 0.0664. The van der Waals surface area contributed by atoms with Crippen molar-refractivity contribution in [2.75, 3.05) is 0 Å². The zero-order chi connectivity index (χ0) is 17.6. The highest BCUT2D eigenvalue weighted by Crippen LogP contribution is 2.26. The second-order valence-electron chi connectivity index (χ2n) is 7.11. The van der Waals surface area contributed by atoms with E-state index in [0.29, 0.717) is 17.9 Å². The van der Waals surface area contributed by atoms with Crippen molar-refractivity contribution in [2.45, 2.75) is 51.5 Å². The fourth-order valence-electron chi connectivity index (χ4n) is 3.74. The highest BCUT2D eigenvalue weighted by Gasteiger charge is 2.21. The molecule has 0 aromatic heterocycles. The molecular formula is C22H26FNO. The first-order valence-corrected chi connectivity index (χ1v) is 9.26. The SMILES string of the molecule is C[C@@H](NC(=O)Cc1ccc(-c2ccccc2F)cc1)C1CCCCC1. The Hall–Kier alpha value is -2.16. The van der Waals surface area contributed by atoms with E-state index in [2.05, 4.69) is 12.2 Å². The summed E-state index contributed by atoms with van der Waals surface area (Å²) in [5, 5.41) is 3.15. The van der Waals surface area contributed by atoms with Gasteiger partial charge in [-0.15, -0.1) is 0 Å². The van der Waals surface area contributed by atoms with E-state index in [0.717, 1.165) is 11.1 Å². The van der Waals surface area contributed by atoms with E-state index < -0.39 is 0 Å². The minimum atomic E-state index is -0.228. The van der Waals surface area contributed by atoms with Crippen LogP contribution < -0.4 is 5.32 Å². The molecule has 0 aliphatic heterocycles. The first kappa shape index (κ1) is 17.7. The molecule has 3 rings (SSSR count). The molecule has 0 bridgehead atoms. The smallest absolute Gasteiger partial charge is 0.224 e. The number of halogens is 1. The van der Waals surface area contributed by atoms with Crippen LogP contribution >= 0.6 is 0 Å². The Bertz CT molecular complexity index is 704. The number of carbonyl (C=O) groups excluding carboxylic acids is 1. The summed E-state index contributed by atoms with van der Waals surface area (Å²) in [7, 11) is 0. The number of rotatable bonds is 5. The van der Waals surface area contributed by atoms with Crippen molar-refractivity contribution in [1.29, 1.82) is 0 Å². The fourth-order valence-corrected chi connectivity index (χ4v) is 3.74. The van der Waals surface area contributed by atoms with Gasteiger partial charge < -0.3 is 5.32 Å². The summed E-state index contributed by atoms with van der Waals surface area (Å²) in [6.07, 6.45) is 6.70. The van der Waals surface area contributed by atoms with Crippen LogP contribution in [-0.2, 0) is 11.2 Å². The van der Waals surface area contributed by atoms with Gasteiger partial charge in [-0.25, -0.2) is 4.39 Å². The lowest BCUT2D eigenvalue weighted by molar-refractivity contribution is -0.121. The van der Waals surface area contributed by atoms with Crippen LogP contribution in [0, 0.1) is 11.7 Å². The summed E-state index contributed by atoms with van der Waals surface area (Å²) >= 11 is 0. The van der Waals surface area contributed by atoms with Crippen LogP contribution in [0.3, 0.4) is 0 Å². The summed E-state index contributed by atoms with van der Waals surface area (Å²) in [6, 6.07) is 14.6. The van der Waals surface area contributed by atoms with Crippen LogP contribution in [0.25, 0.3) is 11.1 Å². The fraction of sp³-hybridized carbons (Fsp3) is 0.409. The summed E-state index contributed by atoms with van der Waals surface area (Å²) in [5.41, 5.74) is 2.37. The molecule has 0 saturated heterocycles. The zero-order valence-corrected chi connectivity index (χ0v) is 14.8. The van der Waals surface area contributed by atoms with Crippen LogP contribution in [0.4, 0.5) is 4.39 Å². The highest BCUT2D eigenvalue weighted by molar-refractivity contribution is 5.79. The van der Waals surface area contributed by atoms with Gasteiger partial charge in [0.25, 0.3) is 0 Å². The summed E-state index contributed by atoms with van der Waals surface area (Å²) in [6.45, 7) is 2.12. The highest BCUT2D eigenvalue weighted by atomic mass is 19.1. The molecule has 2 aromatic rings. The van der Waals surface area contributed by atoms with E-state index in [1.165, 1.54) is 38.2 Å². The molecule has 3 heteroatoms. The number of carbonyl (C=O) groups is 1. The van der Waals surface area contributed by atoms with Crippen LogP contribution in [0.2, 0.25) is 0 Å². The van der Waals surface area contributed by atoms with Gasteiger partial charge in [0, 0.05) is 11.6 Å². The van der Waals surface area contributed by atoms with E-state index in [1.54, 1.807) is 12.1 Å². The van der Waals surface area contributed by atoms with Gasteiger partial charge >= 0.3 is 0 Å². The first-order chi connectivity index (χ1) is 12.1. The van der Waals surface area contributed by atoms with Crippen molar-refractivity contribution < 1.29 is 9.18 Å². The maximum absolute atomic E-state index is 13.8. The minimum Gasteiger partial charge on any atom is -0.353 e. The van der Waals surface area contributed by atoms with Gasteiger partial charge in [0.05, 0.1) is 6.42 Å². The molecule has 0 radical (unpaired) electrons. The molecule has 1 amide bonds. The van der Waals surface area contributed by atoms with E-state index in [4.69, 9.17) is 0 Å². The predicted octanol–water partition coefficient (Wildman–Crippen LogP) is 5.12. The lowest BCUT2D eigenvalue weighted by Crippen LogP contribution is -2.39. The van der Waals surface area contributed by atoms with Crippen LogP contribution in [0.5, 0.6) is 0 Å². The van der Waals surface area contributed by atoms with Crippen LogP contribution in [0.1, 0.15) is 44.6 Å². The molecule has 2 nitrogen and oxygen atoms in total. The number of nitrogens with one attached hydrogen (secondary N) is 1. The van der Waals surface area contributed by atoms with Gasteiger partial charge in [-0.2, -0.15) is 0 Å². The molecule has 1 saturated carbocycles. The molecular weight excluding hydrogens is 313 g/mol. The largest absolute Gasteiger partial charge is 0.353 e. The molecule has 1 N–H and O–H groups in total. The molecule has 1 atom stereocenters. The van der Waals surface area contributed by atoms with Crippen molar-refractivity contribution in [2.24, 2.45) is 5.92 Å². The molecule has 1 aliphatic rings. The average molecular weight is 339 g/mol. The Labute approximate surface area is 149 Å². The number of hydrogen-bond acceptors (Lipinski definition) is 1.